The fourth-order valence-corrected chi connectivity index (χ4v) is 5.60. The number of aromatic amines is 1. The van der Waals surface area contributed by atoms with Gasteiger partial charge in [0.25, 0.3) is 0 Å². The van der Waals surface area contributed by atoms with E-state index in [4.69, 9.17) is 0 Å². The Bertz CT molecular complexity index is 1120. The van der Waals surface area contributed by atoms with Crippen molar-refractivity contribution in [2.24, 2.45) is 5.92 Å². The molecule has 2 N–H and O–H groups in total. The highest BCUT2D eigenvalue weighted by Crippen LogP contribution is 2.20. The molecule has 0 unspecified atom stereocenters. The van der Waals surface area contributed by atoms with Crippen molar-refractivity contribution >= 4 is 32.3 Å². The molecule has 4 rings (SSSR count). The Morgan fingerprint density at radius 2 is 1.97 bits per heavy atom. The molecule has 0 spiro atoms. The molecule has 0 radical (unpaired) electrons. The van der Waals surface area contributed by atoms with Gasteiger partial charge in [0.1, 0.15) is 0 Å². The zero-order chi connectivity index (χ0) is 20.3. The van der Waals surface area contributed by atoms with Gasteiger partial charge in [0.2, 0.25) is 15.6 Å². The number of hydrogen-bond donors (Lipinski definition) is 2. The Kier molecular flexibility index (Phi) is 6.15. The van der Waals surface area contributed by atoms with Crippen LogP contribution in [0.5, 0.6) is 0 Å². The van der Waals surface area contributed by atoms with Crippen molar-refractivity contribution in [1.29, 1.82) is 0 Å². The van der Waals surface area contributed by atoms with E-state index in [-0.39, 0.29) is 10.5 Å². The van der Waals surface area contributed by atoms with Gasteiger partial charge in [0, 0.05) is 29.5 Å². The molecular weight excluding hydrogens is 406 g/mol. The molecule has 2 aromatic heterocycles. The molecular formula is C21H25N3O3S2. The van der Waals surface area contributed by atoms with Crippen LogP contribution in [0.4, 0.5) is 0 Å². The first-order valence-electron chi connectivity index (χ1n) is 9.87. The van der Waals surface area contributed by atoms with Gasteiger partial charge < -0.3 is 9.88 Å². The van der Waals surface area contributed by atoms with E-state index in [1.165, 1.54) is 17.0 Å². The van der Waals surface area contributed by atoms with E-state index < -0.39 is 10.0 Å². The van der Waals surface area contributed by atoms with E-state index in [2.05, 4.69) is 32.1 Å². The number of sulfonamides is 1. The number of benzene rings is 1. The van der Waals surface area contributed by atoms with Gasteiger partial charge in [0.05, 0.1) is 4.90 Å². The smallest absolute Gasteiger partial charge is 0.248 e. The van der Waals surface area contributed by atoms with Crippen LogP contribution in [0, 0.1) is 5.92 Å². The standard InChI is InChI=1S/C21H25N3O3S2/c25-21-6-3-17-14-19(4-5-20(17)23-21)29(26,27)22-15-16-7-10-24(11-8-16)12-9-18-2-1-13-28-18/h1-6,13-14,16,22H,7-12,15H2,(H,23,25). The molecule has 29 heavy (non-hydrogen) atoms. The molecule has 0 amide bonds. The van der Waals surface area contributed by atoms with Crippen LogP contribution in [0.1, 0.15) is 17.7 Å². The lowest BCUT2D eigenvalue weighted by Gasteiger charge is -2.31. The van der Waals surface area contributed by atoms with E-state index in [1.807, 2.05) is 0 Å². The molecule has 3 heterocycles. The van der Waals surface area contributed by atoms with Gasteiger partial charge in [0.15, 0.2) is 0 Å². The molecule has 8 heteroatoms. The van der Waals surface area contributed by atoms with E-state index in [0.29, 0.717) is 23.4 Å². The summed E-state index contributed by atoms with van der Waals surface area (Å²) < 4.78 is 28.2. The number of hydrogen-bond acceptors (Lipinski definition) is 5. The Balaban J connectivity index is 1.29. The molecule has 1 saturated heterocycles. The number of piperidine rings is 1. The summed E-state index contributed by atoms with van der Waals surface area (Å²) in [7, 11) is -3.57. The lowest BCUT2D eigenvalue weighted by Crippen LogP contribution is -2.39. The predicted octanol–water partition coefficient (Wildman–Crippen LogP) is 2.82. The highest BCUT2D eigenvalue weighted by molar-refractivity contribution is 7.89. The van der Waals surface area contributed by atoms with Crippen molar-refractivity contribution in [1.82, 2.24) is 14.6 Å². The summed E-state index contributed by atoms with van der Waals surface area (Å²) in [6.07, 6.45) is 3.10. The van der Waals surface area contributed by atoms with Crippen LogP contribution in [0.25, 0.3) is 10.9 Å². The lowest BCUT2D eigenvalue weighted by atomic mass is 9.97. The quantitative estimate of drug-likeness (QED) is 0.603. The summed E-state index contributed by atoms with van der Waals surface area (Å²) in [5, 5.41) is 2.81. The topological polar surface area (TPSA) is 82.3 Å². The first-order valence-corrected chi connectivity index (χ1v) is 12.2. The van der Waals surface area contributed by atoms with Gasteiger partial charge >= 0.3 is 0 Å². The second-order valence-electron chi connectivity index (χ2n) is 7.54. The Hall–Kier alpha value is -2.00. The third-order valence-corrected chi connectivity index (χ3v) is 7.89. The van der Waals surface area contributed by atoms with Crippen LogP contribution in [0.15, 0.2) is 57.5 Å². The number of H-pyrrole nitrogens is 1. The maximum absolute atomic E-state index is 12.7. The van der Waals surface area contributed by atoms with E-state index in [1.54, 1.807) is 29.5 Å². The van der Waals surface area contributed by atoms with Crippen molar-refractivity contribution in [2.45, 2.75) is 24.2 Å². The van der Waals surface area contributed by atoms with Gasteiger partial charge in [-0.25, -0.2) is 13.1 Å². The molecule has 1 aliphatic heterocycles. The minimum absolute atomic E-state index is 0.201. The van der Waals surface area contributed by atoms with Gasteiger partial charge in [-0.15, -0.1) is 11.3 Å². The van der Waals surface area contributed by atoms with Crippen molar-refractivity contribution < 1.29 is 8.42 Å². The van der Waals surface area contributed by atoms with Crippen LogP contribution < -0.4 is 10.3 Å². The molecule has 1 fully saturated rings. The largest absolute Gasteiger partial charge is 0.322 e. The number of rotatable bonds is 7. The molecule has 0 atom stereocenters. The van der Waals surface area contributed by atoms with Crippen LogP contribution in [0.2, 0.25) is 0 Å². The number of likely N-dealkylation sites (tertiary alicyclic amines) is 1. The average molecular weight is 432 g/mol. The molecule has 0 saturated carbocycles. The maximum atomic E-state index is 12.7. The number of fused-ring (bicyclic) bond motifs is 1. The number of nitrogens with zero attached hydrogens (tertiary/aromatic N) is 1. The summed E-state index contributed by atoms with van der Waals surface area (Å²) in [6.45, 7) is 3.56. The molecule has 1 aliphatic rings. The monoisotopic (exact) mass is 431 g/mol. The predicted molar refractivity (Wildman–Crippen MR) is 117 cm³/mol. The normalized spacial score (nSPS) is 16.4. The van der Waals surface area contributed by atoms with Crippen LogP contribution in [0.3, 0.4) is 0 Å². The van der Waals surface area contributed by atoms with Gasteiger partial charge in [-0.1, -0.05) is 6.07 Å². The van der Waals surface area contributed by atoms with Crippen molar-refractivity contribution in [3.8, 4) is 0 Å². The lowest BCUT2D eigenvalue weighted by molar-refractivity contribution is 0.187. The van der Waals surface area contributed by atoms with Crippen molar-refractivity contribution in [3.63, 3.8) is 0 Å². The number of nitrogens with one attached hydrogen (secondary N) is 2. The van der Waals surface area contributed by atoms with Gasteiger partial charge in [-0.05, 0) is 79.4 Å². The maximum Gasteiger partial charge on any atom is 0.248 e. The number of thiophene rings is 1. The molecule has 3 aromatic rings. The zero-order valence-electron chi connectivity index (χ0n) is 16.1. The Labute approximate surface area is 174 Å². The van der Waals surface area contributed by atoms with Crippen LogP contribution in [-0.4, -0.2) is 44.5 Å². The minimum Gasteiger partial charge on any atom is -0.322 e. The minimum atomic E-state index is -3.57. The average Bonchev–Trinajstić information content (AvgIpc) is 3.25. The van der Waals surface area contributed by atoms with Gasteiger partial charge in [-0.2, -0.15) is 0 Å². The summed E-state index contributed by atoms with van der Waals surface area (Å²) in [5.74, 6) is 0.361. The Morgan fingerprint density at radius 1 is 1.14 bits per heavy atom. The van der Waals surface area contributed by atoms with E-state index in [0.717, 1.165) is 38.9 Å². The molecule has 154 valence electrons. The van der Waals surface area contributed by atoms with Crippen molar-refractivity contribution in [3.05, 3.63) is 63.1 Å². The molecule has 1 aromatic carbocycles. The molecule has 0 bridgehead atoms. The number of pyridine rings is 1. The molecule has 6 nitrogen and oxygen atoms in total. The van der Waals surface area contributed by atoms with Crippen LogP contribution in [-0.2, 0) is 16.4 Å². The van der Waals surface area contributed by atoms with E-state index >= 15 is 0 Å². The fraction of sp³-hybridized carbons (Fsp3) is 0.381. The van der Waals surface area contributed by atoms with Gasteiger partial charge in [-0.3, -0.25) is 4.79 Å². The molecule has 0 aliphatic carbocycles. The first kappa shape index (κ1) is 20.3. The zero-order valence-corrected chi connectivity index (χ0v) is 17.8. The second kappa shape index (κ2) is 8.79. The summed E-state index contributed by atoms with van der Waals surface area (Å²) >= 11 is 1.80. The third kappa shape index (κ3) is 5.14. The van der Waals surface area contributed by atoms with Crippen LogP contribution >= 0.6 is 11.3 Å². The van der Waals surface area contributed by atoms with E-state index in [9.17, 15) is 13.2 Å². The second-order valence-corrected chi connectivity index (χ2v) is 10.3. The highest BCUT2D eigenvalue weighted by atomic mass is 32.2. The fourth-order valence-electron chi connectivity index (χ4n) is 3.75. The van der Waals surface area contributed by atoms with Crippen molar-refractivity contribution in [2.75, 3.05) is 26.2 Å². The summed E-state index contributed by atoms with van der Waals surface area (Å²) in [4.78, 5) is 18.2. The SMILES string of the molecule is O=c1ccc2cc(S(=O)(=O)NCC3CCN(CCc4cccs4)CC3)ccc2[nH]1. The number of aromatic nitrogens is 1. The third-order valence-electron chi connectivity index (χ3n) is 5.53. The Morgan fingerprint density at radius 3 is 2.72 bits per heavy atom. The highest BCUT2D eigenvalue weighted by Gasteiger charge is 2.22. The first-order chi connectivity index (χ1) is 14.0. The summed E-state index contributed by atoms with van der Waals surface area (Å²) in [6, 6.07) is 12.1. The summed E-state index contributed by atoms with van der Waals surface area (Å²) in [5.41, 5.74) is 0.430.